The van der Waals surface area contributed by atoms with Crippen LogP contribution in [0, 0.1) is 0 Å². The van der Waals surface area contributed by atoms with Crippen molar-refractivity contribution in [1.29, 1.82) is 0 Å². The van der Waals surface area contributed by atoms with Gasteiger partial charge in [0, 0.05) is 17.9 Å². The molecule has 0 amide bonds. The lowest BCUT2D eigenvalue weighted by atomic mass is 10.3. The van der Waals surface area contributed by atoms with Gasteiger partial charge in [0.25, 0.3) is 10.0 Å². The Labute approximate surface area is 150 Å². The Bertz CT molecular complexity index is 762. The molecule has 0 spiro atoms. The number of benzene rings is 2. The highest BCUT2D eigenvalue weighted by atomic mass is 79.9. The van der Waals surface area contributed by atoms with Crippen LogP contribution < -0.4 is 4.72 Å². The molecule has 0 radical (unpaired) electrons. The van der Waals surface area contributed by atoms with Gasteiger partial charge in [-0.25, -0.2) is 8.42 Å². The van der Waals surface area contributed by atoms with Gasteiger partial charge < -0.3 is 0 Å². The van der Waals surface area contributed by atoms with E-state index in [1.54, 1.807) is 36.4 Å². The number of sulfonamides is 1. The highest BCUT2D eigenvalue weighted by molar-refractivity contribution is 9.11. The molecule has 1 N–H and O–H groups in total. The third kappa shape index (κ3) is 3.85. The van der Waals surface area contributed by atoms with E-state index in [0.29, 0.717) is 19.1 Å². The van der Waals surface area contributed by atoms with Crippen molar-refractivity contribution in [3.8, 4) is 0 Å². The fourth-order valence-corrected chi connectivity index (χ4v) is 5.32. The van der Waals surface area contributed by atoms with E-state index in [9.17, 15) is 8.42 Å². The molecule has 3 nitrogen and oxygen atoms in total. The van der Waals surface area contributed by atoms with Crippen molar-refractivity contribution >= 4 is 79.4 Å². The highest BCUT2D eigenvalue weighted by Crippen LogP contribution is 2.31. The molecule has 0 unspecified atom stereocenters. The minimum absolute atomic E-state index is 0.168. The van der Waals surface area contributed by atoms with Gasteiger partial charge in [-0.05, 0) is 68.3 Å². The summed E-state index contributed by atoms with van der Waals surface area (Å²) >= 11 is 13.2. The maximum atomic E-state index is 12.4. The second-order valence-electron chi connectivity index (χ2n) is 3.80. The van der Waals surface area contributed by atoms with Crippen molar-refractivity contribution < 1.29 is 8.42 Å². The zero-order valence-corrected chi connectivity index (χ0v) is 16.9. The van der Waals surface area contributed by atoms with Gasteiger partial charge in [0.1, 0.15) is 4.90 Å². The third-order valence-corrected chi connectivity index (χ3v) is 6.36. The van der Waals surface area contributed by atoms with E-state index < -0.39 is 10.0 Å². The van der Waals surface area contributed by atoms with E-state index in [-0.39, 0.29) is 4.90 Å². The predicted octanol–water partition coefficient (Wildman–Crippen LogP) is 5.54. The van der Waals surface area contributed by atoms with E-state index in [1.165, 1.54) is 0 Å². The minimum Gasteiger partial charge on any atom is -0.278 e. The maximum absolute atomic E-state index is 12.4. The molecule has 0 aliphatic rings. The van der Waals surface area contributed by atoms with Gasteiger partial charge in [-0.2, -0.15) is 0 Å². The van der Waals surface area contributed by atoms with Gasteiger partial charge in [-0.3, -0.25) is 4.72 Å². The molecule has 106 valence electrons. The van der Waals surface area contributed by atoms with Crippen LogP contribution in [0.5, 0.6) is 0 Å². The standard InChI is InChI=1S/C12H7Br4NO2S/c13-7-2-4-11(10(16)5-7)17-20(18,19)12-6-8(14)1-3-9(12)15/h1-6,17H. The van der Waals surface area contributed by atoms with Crippen molar-refractivity contribution in [2.45, 2.75) is 4.90 Å². The molecule has 0 aliphatic heterocycles. The smallest absolute Gasteiger partial charge is 0.263 e. The largest absolute Gasteiger partial charge is 0.278 e. The van der Waals surface area contributed by atoms with E-state index in [2.05, 4.69) is 68.4 Å². The van der Waals surface area contributed by atoms with Crippen LogP contribution in [0.15, 0.2) is 59.2 Å². The number of hydrogen-bond donors (Lipinski definition) is 1. The molecule has 2 aromatic carbocycles. The second-order valence-corrected chi connectivity index (χ2v) is 9.00. The molecular formula is C12H7Br4NO2S. The summed E-state index contributed by atoms with van der Waals surface area (Å²) < 4.78 is 30.1. The Balaban J connectivity index is 2.43. The normalized spacial score (nSPS) is 11.4. The number of rotatable bonds is 3. The van der Waals surface area contributed by atoms with Gasteiger partial charge in [0.05, 0.1) is 5.69 Å². The van der Waals surface area contributed by atoms with Crippen molar-refractivity contribution in [3.63, 3.8) is 0 Å². The second kappa shape index (κ2) is 6.48. The van der Waals surface area contributed by atoms with Crippen LogP contribution in [0.2, 0.25) is 0 Å². The van der Waals surface area contributed by atoms with Crippen molar-refractivity contribution in [2.24, 2.45) is 0 Å². The molecule has 0 aliphatic carbocycles. The van der Waals surface area contributed by atoms with Crippen LogP contribution in [-0.2, 0) is 10.0 Å². The SMILES string of the molecule is O=S(=O)(Nc1ccc(Br)cc1Br)c1cc(Br)ccc1Br. The predicted molar refractivity (Wildman–Crippen MR) is 94.5 cm³/mol. The summed E-state index contributed by atoms with van der Waals surface area (Å²) in [7, 11) is -3.67. The van der Waals surface area contributed by atoms with E-state index in [0.717, 1.165) is 4.47 Å². The van der Waals surface area contributed by atoms with Crippen LogP contribution in [0.1, 0.15) is 0 Å². The molecule has 0 saturated carbocycles. The molecule has 0 aromatic heterocycles. The average Bonchev–Trinajstić information content (AvgIpc) is 2.35. The summed E-state index contributed by atoms with van der Waals surface area (Å²) in [5.74, 6) is 0. The third-order valence-electron chi connectivity index (χ3n) is 2.36. The summed E-state index contributed by atoms with van der Waals surface area (Å²) in [6.45, 7) is 0. The average molecular weight is 549 g/mol. The molecule has 0 saturated heterocycles. The molecule has 2 rings (SSSR count). The van der Waals surface area contributed by atoms with Crippen molar-refractivity contribution in [2.75, 3.05) is 4.72 Å². The van der Waals surface area contributed by atoms with Crippen molar-refractivity contribution in [3.05, 3.63) is 54.3 Å². The highest BCUT2D eigenvalue weighted by Gasteiger charge is 2.19. The van der Waals surface area contributed by atoms with Gasteiger partial charge in [0.2, 0.25) is 0 Å². The Morgan fingerprint density at radius 2 is 1.40 bits per heavy atom. The monoisotopic (exact) mass is 545 g/mol. The van der Waals surface area contributed by atoms with E-state index in [1.807, 2.05) is 0 Å². The van der Waals surface area contributed by atoms with Gasteiger partial charge in [-0.1, -0.05) is 31.9 Å². The first-order valence-corrected chi connectivity index (χ1v) is 9.88. The molecule has 2 aromatic rings. The summed E-state index contributed by atoms with van der Waals surface area (Å²) in [5, 5.41) is 0. The molecule has 0 fully saturated rings. The summed E-state index contributed by atoms with van der Waals surface area (Å²) in [6, 6.07) is 10.2. The van der Waals surface area contributed by atoms with Gasteiger partial charge in [0.15, 0.2) is 0 Å². The van der Waals surface area contributed by atoms with E-state index in [4.69, 9.17) is 0 Å². The number of hydrogen-bond acceptors (Lipinski definition) is 2. The molecule has 20 heavy (non-hydrogen) atoms. The van der Waals surface area contributed by atoms with Crippen LogP contribution in [-0.4, -0.2) is 8.42 Å². The number of nitrogens with one attached hydrogen (secondary N) is 1. The van der Waals surface area contributed by atoms with Gasteiger partial charge in [-0.15, -0.1) is 0 Å². The van der Waals surface area contributed by atoms with Crippen LogP contribution >= 0.6 is 63.7 Å². The fraction of sp³-hybridized carbons (Fsp3) is 0. The topological polar surface area (TPSA) is 46.2 Å². The van der Waals surface area contributed by atoms with Crippen LogP contribution in [0.4, 0.5) is 5.69 Å². The molecule has 0 bridgehead atoms. The molecule has 0 atom stereocenters. The molecule has 0 heterocycles. The number of anilines is 1. The first-order valence-electron chi connectivity index (χ1n) is 5.22. The van der Waals surface area contributed by atoms with Gasteiger partial charge >= 0.3 is 0 Å². The van der Waals surface area contributed by atoms with E-state index >= 15 is 0 Å². The number of halogens is 4. The lowest BCUT2D eigenvalue weighted by Gasteiger charge is -2.11. The Hall–Kier alpha value is 0.110. The molecular weight excluding hydrogens is 542 g/mol. The maximum Gasteiger partial charge on any atom is 0.263 e. The van der Waals surface area contributed by atoms with Crippen molar-refractivity contribution in [1.82, 2.24) is 0 Å². The fourth-order valence-electron chi connectivity index (χ4n) is 1.46. The summed E-state index contributed by atoms with van der Waals surface area (Å²) in [6.07, 6.45) is 0. The summed E-state index contributed by atoms with van der Waals surface area (Å²) in [5.41, 5.74) is 0.472. The lowest BCUT2D eigenvalue weighted by Crippen LogP contribution is -2.14. The first-order chi connectivity index (χ1) is 9.29. The van der Waals surface area contributed by atoms with Crippen LogP contribution in [0.25, 0.3) is 0 Å². The first kappa shape index (κ1) is 16.5. The zero-order valence-electron chi connectivity index (χ0n) is 9.70. The minimum atomic E-state index is -3.67. The Morgan fingerprint density at radius 3 is 2.05 bits per heavy atom. The lowest BCUT2D eigenvalue weighted by molar-refractivity contribution is 0.600. The zero-order chi connectivity index (χ0) is 14.9. The van der Waals surface area contributed by atoms with Crippen LogP contribution in [0.3, 0.4) is 0 Å². The summed E-state index contributed by atoms with van der Waals surface area (Å²) in [4.78, 5) is 0.168. The Kier molecular flexibility index (Phi) is 5.34. The Morgan fingerprint density at radius 1 is 0.800 bits per heavy atom. The quantitative estimate of drug-likeness (QED) is 0.548. The molecule has 8 heteroatoms.